The molecule has 0 saturated heterocycles. The Morgan fingerprint density at radius 1 is 0.444 bits per heavy atom. The maximum Gasteiger partial charge on any atom is 0.147 e. The molecule has 0 aromatic carbocycles. The third-order valence-electron chi connectivity index (χ3n) is 9.00. The van der Waals surface area contributed by atoms with Crippen molar-refractivity contribution >= 4 is 11.6 Å². The fourth-order valence-electron chi connectivity index (χ4n) is 5.54. The molecule has 0 radical (unpaired) electrons. The number of fused-ring (bicyclic) bond motifs is 8. The number of Topliss-reactive ketones (excluding diaryl/α,β-unsaturated/α-hetero) is 2. The Bertz CT molecular complexity index is 1380. The monoisotopic (exact) mass is 484 g/mol. The van der Waals surface area contributed by atoms with Crippen LogP contribution in [0.15, 0.2) is 48.5 Å². The van der Waals surface area contributed by atoms with Crippen LogP contribution in [0.2, 0.25) is 0 Å². The van der Waals surface area contributed by atoms with E-state index in [9.17, 15) is 9.59 Å². The summed E-state index contributed by atoms with van der Waals surface area (Å²) in [6, 6.07) is 16.3. The molecule has 0 saturated carbocycles. The second-order valence-electron chi connectivity index (χ2n) is 11.8. The van der Waals surface area contributed by atoms with E-state index >= 15 is 0 Å². The van der Waals surface area contributed by atoms with Crippen molar-refractivity contribution in [3.8, 4) is 0 Å². The summed E-state index contributed by atoms with van der Waals surface area (Å²) >= 11 is 0. The lowest BCUT2D eigenvalue weighted by Gasteiger charge is -2.29. The first-order valence-corrected chi connectivity index (χ1v) is 12.6. The average Bonchev–Trinajstić information content (AvgIpc) is 3.63. The zero-order chi connectivity index (χ0) is 26.3. The highest BCUT2D eigenvalue weighted by Gasteiger charge is 2.43. The summed E-state index contributed by atoms with van der Waals surface area (Å²) < 4.78 is 0. The van der Waals surface area contributed by atoms with Crippen molar-refractivity contribution < 1.29 is 9.59 Å². The lowest BCUT2D eigenvalue weighted by molar-refractivity contribution is -0.121. The number of aromatic amines is 4. The van der Waals surface area contributed by atoms with Crippen molar-refractivity contribution in [2.45, 2.75) is 77.0 Å². The first-order valence-electron chi connectivity index (χ1n) is 12.6. The van der Waals surface area contributed by atoms with Gasteiger partial charge in [0.2, 0.25) is 0 Å². The van der Waals surface area contributed by atoms with Crippen molar-refractivity contribution in [1.29, 1.82) is 0 Å². The molecule has 6 nitrogen and oxygen atoms in total. The van der Waals surface area contributed by atoms with E-state index in [1.807, 2.05) is 38.1 Å². The highest BCUT2D eigenvalue weighted by atomic mass is 16.1. The summed E-state index contributed by atoms with van der Waals surface area (Å²) in [6.45, 7) is 15.8. The molecular formula is C30H36N4O2. The van der Waals surface area contributed by atoms with Gasteiger partial charge in [-0.05, 0) is 104 Å². The van der Waals surface area contributed by atoms with E-state index in [2.05, 4.69) is 71.9 Å². The molecule has 5 heterocycles. The van der Waals surface area contributed by atoms with Crippen molar-refractivity contribution in [2.75, 3.05) is 0 Å². The summed E-state index contributed by atoms with van der Waals surface area (Å²) in [7, 11) is 0. The number of rotatable bonds is 2. The second-order valence-corrected chi connectivity index (χ2v) is 11.8. The van der Waals surface area contributed by atoms with E-state index in [1.54, 1.807) is 13.8 Å². The molecule has 0 spiro atoms. The summed E-state index contributed by atoms with van der Waals surface area (Å²) in [6.07, 6.45) is 0. The highest BCUT2D eigenvalue weighted by Crippen LogP contribution is 2.41. The van der Waals surface area contributed by atoms with Crippen LogP contribution in [0, 0.1) is 0 Å². The van der Waals surface area contributed by atoms with E-state index < -0.39 is 10.8 Å². The first-order chi connectivity index (χ1) is 16.7. The van der Waals surface area contributed by atoms with Crippen molar-refractivity contribution in [1.82, 2.24) is 19.9 Å². The minimum absolute atomic E-state index is 0.0128. The van der Waals surface area contributed by atoms with E-state index in [4.69, 9.17) is 0 Å². The minimum atomic E-state index is -0.925. The fourth-order valence-corrected chi connectivity index (χ4v) is 5.54. The summed E-state index contributed by atoms with van der Waals surface area (Å²) in [5, 5.41) is 0. The van der Waals surface area contributed by atoms with E-state index in [1.165, 1.54) is 0 Å². The van der Waals surface area contributed by atoms with Gasteiger partial charge in [0.05, 0.1) is 0 Å². The molecule has 0 aliphatic carbocycles. The molecule has 36 heavy (non-hydrogen) atoms. The van der Waals surface area contributed by atoms with Crippen LogP contribution < -0.4 is 0 Å². The Kier molecular flexibility index (Phi) is 5.02. The van der Waals surface area contributed by atoms with Gasteiger partial charge in [0, 0.05) is 56.4 Å². The number of hydrogen-bond donors (Lipinski definition) is 4. The molecule has 188 valence electrons. The number of H-pyrrole nitrogens is 4. The molecule has 0 fully saturated rings. The van der Waals surface area contributed by atoms with Crippen LogP contribution in [0.4, 0.5) is 0 Å². The van der Waals surface area contributed by atoms with Crippen LogP contribution in [0.25, 0.3) is 0 Å². The Labute approximate surface area is 212 Å². The molecule has 0 unspecified atom stereocenters. The Morgan fingerprint density at radius 2 is 0.639 bits per heavy atom. The fraction of sp³-hybridized carbons (Fsp3) is 0.400. The largest absolute Gasteiger partial charge is 0.361 e. The van der Waals surface area contributed by atoms with Crippen LogP contribution in [-0.4, -0.2) is 31.5 Å². The van der Waals surface area contributed by atoms with Gasteiger partial charge in [-0.1, -0.05) is 0 Å². The lowest BCUT2D eigenvalue weighted by atomic mass is 9.79. The molecule has 8 bridgehead atoms. The molecule has 1 aliphatic heterocycles. The quantitative estimate of drug-likeness (QED) is 0.291. The number of hydrogen-bond acceptors (Lipinski definition) is 2. The summed E-state index contributed by atoms with van der Waals surface area (Å²) in [5.74, 6) is 0.0256. The average molecular weight is 485 g/mol. The Hall–Kier alpha value is -3.54. The molecule has 1 aliphatic rings. The van der Waals surface area contributed by atoms with Gasteiger partial charge in [-0.2, -0.15) is 0 Å². The second kappa shape index (κ2) is 7.48. The summed E-state index contributed by atoms with van der Waals surface area (Å²) in [5.41, 5.74) is 4.82. The Morgan fingerprint density at radius 3 is 0.889 bits per heavy atom. The van der Waals surface area contributed by atoms with Gasteiger partial charge >= 0.3 is 0 Å². The zero-order valence-electron chi connectivity index (χ0n) is 22.4. The van der Waals surface area contributed by atoms with Gasteiger partial charge in [0.15, 0.2) is 0 Å². The molecule has 6 heteroatoms. The molecule has 4 aromatic rings. The van der Waals surface area contributed by atoms with Gasteiger partial charge in [0.1, 0.15) is 22.4 Å². The van der Waals surface area contributed by atoms with E-state index in [0.29, 0.717) is 0 Å². The van der Waals surface area contributed by atoms with Crippen LogP contribution in [0.5, 0.6) is 0 Å². The predicted octanol–water partition coefficient (Wildman–Crippen LogP) is 5.75. The number of ketones is 2. The van der Waals surface area contributed by atoms with Crippen molar-refractivity contribution in [2.24, 2.45) is 0 Å². The van der Waals surface area contributed by atoms with Crippen LogP contribution in [0.3, 0.4) is 0 Å². The van der Waals surface area contributed by atoms with Crippen molar-refractivity contribution in [3.63, 3.8) is 0 Å². The molecule has 0 amide bonds. The van der Waals surface area contributed by atoms with Gasteiger partial charge in [-0.3, -0.25) is 9.59 Å². The number of aromatic nitrogens is 4. The van der Waals surface area contributed by atoms with Gasteiger partial charge < -0.3 is 19.9 Å². The van der Waals surface area contributed by atoms with Gasteiger partial charge in [-0.25, -0.2) is 0 Å². The van der Waals surface area contributed by atoms with E-state index in [0.717, 1.165) is 45.6 Å². The topological polar surface area (TPSA) is 97.3 Å². The molecule has 4 aromatic heterocycles. The van der Waals surface area contributed by atoms with Crippen LogP contribution >= 0.6 is 0 Å². The molecular weight excluding hydrogens is 448 g/mol. The maximum atomic E-state index is 13.2. The minimum Gasteiger partial charge on any atom is -0.361 e. The summed E-state index contributed by atoms with van der Waals surface area (Å²) in [4.78, 5) is 40.7. The highest BCUT2D eigenvalue weighted by molar-refractivity contribution is 5.92. The maximum absolute atomic E-state index is 13.2. The number of carbonyl (C=O) groups is 2. The van der Waals surface area contributed by atoms with Crippen LogP contribution in [0.1, 0.15) is 101 Å². The normalized spacial score (nSPS) is 24.4. The standard InChI is InChI=1S/C30H36N4O2/c1-17(35)29(7)23-13-11-21(32-23)27(3,4)19-9-10-20(31-19)28(5,6)22-12-14-24(33-22)30(8,18(2)36)26-16-15-25(29)34-26/h9-16,31-34H,1-8H3/t29-,30+. The number of nitrogens with one attached hydrogen (secondary N) is 4. The predicted molar refractivity (Wildman–Crippen MR) is 142 cm³/mol. The molecule has 2 atom stereocenters. The lowest BCUT2D eigenvalue weighted by Crippen LogP contribution is -2.35. The number of carbonyl (C=O) groups excluding carboxylic acids is 2. The SMILES string of the molecule is CC(=O)[C@@]1(C)c2ccc([nH]2)C(C)(C)c2ccc([nH]2)C(C)(C)c2ccc([nH]2)[C@@](C)(C(C)=O)c2ccc1[nH]2. The zero-order valence-corrected chi connectivity index (χ0v) is 22.4. The molecule has 4 N–H and O–H groups in total. The smallest absolute Gasteiger partial charge is 0.147 e. The Balaban J connectivity index is 1.83. The van der Waals surface area contributed by atoms with Gasteiger partial charge in [-0.15, -0.1) is 0 Å². The third-order valence-corrected chi connectivity index (χ3v) is 9.00. The first kappa shape index (κ1) is 24.2. The van der Waals surface area contributed by atoms with Crippen LogP contribution in [-0.2, 0) is 31.2 Å². The molecule has 5 rings (SSSR count). The van der Waals surface area contributed by atoms with E-state index in [-0.39, 0.29) is 22.4 Å². The van der Waals surface area contributed by atoms with Gasteiger partial charge in [0.25, 0.3) is 0 Å². The van der Waals surface area contributed by atoms with Crippen molar-refractivity contribution in [3.05, 3.63) is 94.1 Å². The third kappa shape index (κ3) is 3.09.